The van der Waals surface area contributed by atoms with E-state index in [4.69, 9.17) is 4.99 Å². The Morgan fingerprint density at radius 1 is 1.29 bits per heavy atom. The van der Waals surface area contributed by atoms with Crippen molar-refractivity contribution in [2.75, 3.05) is 32.7 Å². The maximum atomic E-state index is 12.1. The van der Waals surface area contributed by atoms with Crippen LogP contribution in [0.4, 0.5) is 0 Å². The topological polar surface area (TPSA) is 74.6 Å². The van der Waals surface area contributed by atoms with Crippen molar-refractivity contribution in [2.45, 2.75) is 19.3 Å². The molecule has 28 heavy (non-hydrogen) atoms. The maximum Gasteiger partial charge on any atom is 0.251 e. The molecule has 2 N–H and O–H groups in total. The van der Waals surface area contributed by atoms with Gasteiger partial charge in [0.15, 0.2) is 5.96 Å². The third-order valence-electron chi connectivity index (χ3n) is 4.71. The van der Waals surface area contributed by atoms with E-state index in [2.05, 4.69) is 33.8 Å². The fourth-order valence-corrected chi connectivity index (χ4v) is 3.32. The van der Waals surface area contributed by atoms with Crippen LogP contribution in [0.1, 0.15) is 35.2 Å². The Hall–Kier alpha value is -2.10. The van der Waals surface area contributed by atoms with Gasteiger partial charge in [0.2, 0.25) is 0 Å². The van der Waals surface area contributed by atoms with Crippen molar-refractivity contribution in [1.82, 2.24) is 25.3 Å². The van der Waals surface area contributed by atoms with Crippen LogP contribution in [0.15, 0.2) is 47.7 Å². The lowest BCUT2D eigenvalue weighted by atomic mass is 10.0. The first-order valence-corrected chi connectivity index (χ1v) is 9.52. The minimum atomic E-state index is -0.0615. The van der Waals surface area contributed by atoms with E-state index in [0.717, 1.165) is 32.0 Å². The van der Waals surface area contributed by atoms with E-state index < -0.39 is 0 Å². The molecule has 0 saturated carbocycles. The van der Waals surface area contributed by atoms with Gasteiger partial charge in [-0.25, -0.2) is 0 Å². The second-order valence-electron chi connectivity index (χ2n) is 6.74. The van der Waals surface area contributed by atoms with Gasteiger partial charge < -0.3 is 15.5 Å². The number of hydrogen-bond acceptors (Lipinski definition) is 3. The fraction of sp³-hybridized carbons (Fsp3) is 0.450. The zero-order chi connectivity index (χ0) is 19.1. The molecule has 1 unspecified atom stereocenters. The van der Waals surface area contributed by atoms with E-state index in [9.17, 15) is 4.79 Å². The first-order chi connectivity index (χ1) is 13.2. The third-order valence-corrected chi connectivity index (χ3v) is 4.71. The standard InChI is InChI=1S/C20H28N6O.HI/c1-3-21-20(23-11-10-22-19(27)16-7-5-4-6-8-16)26-12-9-17(15-26)18-13-24-25(2)14-18;/h4-8,13-14,17H,3,9-12,15H2,1-2H3,(H,21,23)(H,22,27);1H. The predicted octanol–water partition coefficient (Wildman–Crippen LogP) is 2.22. The van der Waals surface area contributed by atoms with Gasteiger partial charge in [0.05, 0.1) is 12.7 Å². The highest BCUT2D eigenvalue weighted by atomic mass is 127. The highest BCUT2D eigenvalue weighted by molar-refractivity contribution is 14.0. The summed E-state index contributed by atoms with van der Waals surface area (Å²) in [6.45, 7) is 5.87. The quantitative estimate of drug-likeness (QED) is 0.279. The van der Waals surface area contributed by atoms with E-state index in [1.54, 1.807) is 0 Å². The molecule has 1 aromatic heterocycles. The molecule has 1 aromatic carbocycles. The Balaban J connectivity index is 0.00000280. The van der Waals surface area contributed by atoms with Crippen LogP contribution in [0, 0.1) is 0 Å². The van der Waals surface area contributed by atoms with Crippen molar-refractivity contribution in [1.29, 1.82) is 0 Å². The normalized spacial score (nSPS) is 16.6. The van der Waals surface area contributed by atoms with Gasteiger partial charge in [0, 0.05) is 50.9 Å². The van der Waals surface area contributed by atoms with Crippen LogP contribution in [0.25, 0.3) is 0 Å². The Morgan fingerprint density at radius 2 is 2.07 bits per heavy atom. The van der Waals surface area contributed by atoms with E-state index in [1.807, 2.05) is 48.3 Å². The number of nitrogens with zero attached hydrogens (tertiary/aromatic N) is 4. The molecule has 1 aliphatic rings. The second kappa shape index (κ2) is 11.0. The van der Waals surface area contributed by atoms with Crippen molar-refractivity contribution in [2.24, 2.45) is 12.0 Å². The van der Waals surface area contributed by atoms with Gasteiger partial charge in [-0.15, -0.1) is 24.0 Å². The molecule has 0 radical (unpaired) electrons. The lowest BCUT2D eigenvalue weighted by molar-refractivity contribution is 0.0955. The summed E-state index contributed by atoms with van der Waals surface area (Å²) in [6, 6.07) is 9.25. The van der Waals surface area contributed by atoms with Gasteiger partial charge >= 0.3 is 0 Å². The van der Waals surface area contributed by atoms with Gasteiger partial charge in [-0.1, -0.05) is 18.2 Å². The van der Waals surface area contributed by atoms with E-state index in [-0.39, 0.29) is 29.9 Å². The second-order valence-corrected chi connectivity index (χ2v) is 6.74. The van der Waals surface area contributed by atoms with Gasteiger partial charge in [0.1, 0.15) is 0 Å². The summed E-state index contributed by atoms with van der Waals surface area (Å²) in [7, 11) is 1.95. The molecular weight excluding hydrogens is 467 g/mol. The molecule has 0 spiro atoms. The number of aryl methyl sites for hydroxylation is 1. The van der Waals surface area contributed by atoms with Gasteiger partial charge in [-0.05, 0) is 31.0 Å². The minimum Gasteiger partial charge on any atom is -0.357 e. The van der Waals surface area contributed by atoms with E-state index in [1.165, 1.54) is 5.56 Å². The Morgan fingerprint density at radius 3 is 2.75 bits per heavy atom. The Labute approximate surface area is 183 Å². The summed E-state index contributed by atoms with van der Waals surface area (Å²) in [5.74, 6) is 1.34. The summed E-state index contributed by atoms with van der Waals surface area (Å²) in [5.41, 5.74) is 1.96. The molecule has 1 saturated heterocycles. The Kier molecular flexibility index (Phi) is 8.75. The highest BCUT2D eigenvalue weighted by Crippen LogP contribution is 2.26. The largest absolute Gasteiger partial charge is 0.357 e. The maximum absolute atomic E-state index is 12.1. The van der Waals surface area contributed by atoms with Crippen LogP contribution in [-0.2, 0) is 7.05 Å². The number of guanidine groups is 1. The number of rotatable bonds is 6. The van der Waals surface area contributed by atoms with Gasteiger partial charge in [0.25, 0.3) is 5.91 Å². The lowest BCUT2D eigenvalue weighted by Crippen LogP contribution is -2.40. The van der Waals surface area contributed by atoms with Crippen molar-refractivity contribution in [3.8, 4) is 0 Å². The smallest absolute Gasteiger partial charge is 0.251 e. The number of benzene rings is 1. The molecule has 2 heterocycles. The fourth-order valence-electron chi connectivity index (χ4n) is 3.32. The van der Waals surface area contributed by atoms with Crippen molar-refractivity contribution in [3.63, 3.8) is 0 Å². The van der Waals surface area contributed by atoms with Gasteiger partial charge in [-0.3, -0.25) is 14.5 Å². The molecule has 0 aliphatic carbocycles. The summed E-state index contributed by atoms with van der Waals surface area (Å²) in [4.78, 5) is 19.1. The number of likely N-dealkylation sites (tertiary alicyclic amines) is 1. The molecule has 1 aliphatic heterocycles. The predicted molar refractivity (Wildman–Crippen MR) is 122 cm³/mol. The molecule has 1 fully saturated rings. The summed E-state index contributed by atoms with van der Waals surface area (Å²) in [6.07, 6.45) is 5.15. The van der Waals surface area contributed by atoms with Crippen LogP contribution < -0.4 is 10.6 Å². The number of hydrogen-bond donors (Lipinski definition) is 2. The molecule has 0 bridgehead atoms. The monoisotopic (exact) mass is 496 g/mol. The van der Waals surface area contributed by atoms with E-state index in [0.29, 0.717) is 24.6 Å². The van der Waals surface area contributed by atoms with Crippen molar-refractivity contribution >= 4 is 35.8 Å². The molecule has 1 amide bonds. The zero-order valence-electron chi connectivity index (χ0n) is 16.5. The first kappa shape index (κ1) is 22.2. The molecule has 8 heteroatoms. The number of aliphatic imine (C=N–C) groups is 1. The molecule has 1 atom stereocenters. The average Bonchev–Trinajstić information content (AvgIpc) is 3.34. The lowest BCUT2D eigenvalue weighted by Gasteiger charge is -2.21. The first-order valence-electron chi connectivity index (χ1n) is 9.52. The highest BCUT2D eigenvalue weighted by Gasteiger charge is 2.26. The zero-order valence-corrected chi connectivity index (χ0v) is 18.8. The van der Waals surface area contributed by atoms with Gasteiger partial charge in [-0.2, -0.15) is 5.10 Å². The number of nitrogens with one attached hydrogen (secondary N) is 2. The molecule has 152 valence electrons. The summed E-state index contributed by atoms with van der Waals surface area (Å²) in [5, 5.41) is 10.6. The molecular formula is C20H29IN6O. The van der Waals surface area contributed by atoms with Crippen LogP contribution in [0.5, 0.6) is 0 Å². The molecule has 3 rings (SSSR count). The molecule has 2 aromatic rings. The average molecular weight is 496 g/mol. The van der Waals surface area contributed by atoms with Crippen LogP contribution >= 0.6 is 24.0 Å². The number of aromatic nitrogens is 2. The van der Waals surface area contributed by atoms with Crippen molar-refractivity contribution in [3.05, 3.63) is 53.9 Å². The third kappa shape index (κ3) is 5.95. The number of amides is 1. The summed E-state index contributed by atoms with van der Waals surface area (Å²) >= 11 is 0. The Bertz CT molecular complexity index is 776. The van der Waals surface area contributed by atoms with E-state index >= 15 is 0 Å². The SMILES string of the molecule is CCNC(=NCCNC(=O)c1ccccc1)N1CCC(c2cnn(C)c2)C1.I. The van der Waals surface area contributed by atoms with Crippen LogP contribution in [0.2, 0.25) is 0 Å². The van der Waals surface area contributed by atoms with Crippen LogP contribution in [-0.4, -0.2) is 59.3 Å². The number of carbonyl (C=O) groups excluding carboxylic acids is 1. The molecule has 7 nitrogen and oxygen atoms in total. The summed E-state index contributed by atoms with van der Waals surface area (Å²) < 4.78 is 1.85. The van der Waals surface area contributed by atoms with Crippen LogP contribution in [0.3, 0.4) is 0 Å². The van der Waals surface area contributed by atoms with Crippen molar-refractivity contribution < 1.29 is 4.79 Å². The number of halogens is 1. The number of carbonyl (C=O) groups is 1. The minimum absolute atomic E-state index is 0.